The van der Waals surface area contributed by atoms with Crippen molar-refractivity contribution in [3.63, 3.8) is 0 Å². The van der Waals surface area contributed by atoms with Crippen molar-refractivity contribution in [2.24, 2.45) is 11.8 Å². The average molecular weight is 299 g/mol. The van der Waals surface area contributed by atoms with E-state index in [0.717, 1.165) is 6.42 Å². The minimum atomic E-state index is -2.86. The second-order valence-corrected chi connectivity index (χ2v) is 5.73. The van der Waals surface area contributed by atoms with Crippen LogP contribution in [-0.4, -0.2) is 19.8 Å². The molecule has 0 amide bonds. The Morgan fingerprint density at radius 3 is 2.62 bits per heavy atom. The number of hydrogen-bond acceptors (Lipinski definition) is 3. The lowest BCUT2D eigenvalue weighted by Crippen LogP contribution is -2.32. The van der Waals surface area contributed by atoms with Crippen LogP contribution in [0.5, 0.6) is 11.5 Å². The van der Waals surface area contributed by atoms with Crippen molar-refractivity contribution < 1.29 is 18.3 Å². The molecule has 0 heterocycles. The standard InChI is InChI=1S/C16H23F2NO2/c1-10-7-8-13(11(10)2)19-9-12-5-4-6-14(20-3)15(12)21-16(17)18/h4-6,10-11,13,16,19H,7-9H2,1-3H3. The van der Waals surface area contributed by atoms with Crippen molar-refractivity contribution in [2.75, 3.05) is 7.11 Å². The van der Waals surface area contributed by atoms with Gasteiger partial charge in [-0.15, -0.1) is 0 Å². The number of para-hydroxylation sites is 1. The van der Waals surface area contributed by atoms with Gasteiger partial charge in [0, 0.05) is 18.2 Å². The molecule has 1 saturated carbocycles. The van der Waals surface area contributed by atoms with Crippen molar-refractivity contribution >= 4 is 0 Å². The Morgan fingerprint density at radius 1 is 1.29 bits per heavy atom. The normalized spacial score (nSPS) is 25.3. The first-order valence-corrected chi connectivity index (χ1v) is 7.37. The van der Waals surface area contributed by atoms with Gasteiger partial charge in [-0.3, -0.25) is 0 Å². The Hall–Kier alpha value is -1.36. The monoisotopic (exact) mass is 299 g/mol. The lowest BCUT2D eigenvalue weighted by Gasteiger charge is -2.21. The van der Waals surface area contributed by atoms with Crippen molar-refractivity contribution in [1.29, 1.82) is 0 Å². The molecule has 0 radical (unpaired) electrons. The average Bonchev–Trinajstić information content (AvgIpc) is 2.77. The first kappa shape index (κ1) is 16.0. The van der Waals surface area contributed by atoms with Gasteiger partial charge in [-0.25, -0.2) is 0 Å². The van der Waals surface area contributed by atoms with Crippen LogP contribution in [0.3, 0.4) is 0 Å². The molecular weight excluding hydrogens is 276 g/mol. The van der Waals surface area contributed by atoms with Gasteiger partial charge in [0.25, 0.3) is 0 Å². The van der Waals surface area contributed by atoms with Crippen molar-refractivity contribution in [1.82, 2.24) is 5.32 Å². The van der Waals surface area contributed by atoms with E-state index >= 15 is 0 Å². The molecule has 3 unspecified atom stereocenters. The number of halogens is 2. The first-order valence-electron chi connectivity index (χ1n) is 7.37. The molecule has 1 N–H and O–H groups in total. The van der Waals surface area contributed by atoms with Gasteiger partial charge in [-0.05, 0) is 30.7 Å². The minimum Gasteiger partial charge on any atom is -0.493 e. The number of nitrogens with one attached hydrogen (secondary N) is 1. The molecule has 0 aromatic heterocycles. The fourth-order valence-corrected chi connectivity index (χ4v) is 2.98. The van der Waals surface area contributed by atoms with Crippen LogP contribution in [0, 0.1) is 11.8 Å². The van der Waals surface area contributed by atoms with Gasteiger partial charge < -0.3 is 14.8 Å². The SMILES string of the molecule is COc1cccc(CNC2CCC(C)C2C)c1OC(F)F. The molecule has 1 aliphatic carbocycles. The molecule has 1 aliphatic rings. The van der Waals surface area contributed by atoms with Crippen LogP contribution in [0.2, 0.25) is 0 Å². The lowest BCUT2D eigenvalue weighted by atomic mass is 9.97. The fourth-order valence-electron chi connectivity index (χ4n) is 2.98. The van der Waals surface area contributed by atoms with E-state index in [1.807, 2.05) is 0 Å². The minimum absolute atomic E-state index is 0.126. The molecule has 0 aliphatic heterocycles. The summed E-state index contributed by atoms with van der Waals surface area (Å²) >= 11 is 0. The molecule has 0 bridgehead atoms. The lowest BCUT2D eigenvalue weighted by molar-refractivity contribution is -0.0519. The number of alkyl halides is 2. The predicted octanol–water partition coefficient (Wildman–Crippen LogP) is 3.82. The molecule has 118 valence electrons. The summed E-state index contributed by atoms with van der Waals surface area (Å²) in [5.74, 6) is 1.75. The summed E-state index contributed by atoms with van der Waals surface area (Å²) in [5.41, 5.74) is 0.696. The quantitative estimate of drug-likeness (QED) is 0.866. The molecule has 1 fully saturated rings. The molecular formula is C16H23F2NO2. The van der Waals surface area contributed by atoms with E-state index in [9.17, 15) is 8.78 Å². The number of methoxy groups -OCH3 is 1. The summed E-state index contributed by atoms with van der Waals surface area (Å²) in [4.78, 5) is 0. The third kappa shape index (κ3) is 3.84. The smallest absolute Gasteiger partial charge is 0.387 e. The molecule has 2 rings (SSSR count). The number of hydrogen-bond donors (Lipinski definition) is 1. The van der Waals surface area contributed by atoms with Crippen molar-refractivity contribution in [2.45, 2.75) is 45.9 Å². The van der Waals surface area contributed by atoms with Gasteiger partial charge >= 0.3 is 6.61 Å². The van der Waals surface area contributed by atoms with Gasteiger partial charge in [0.2, 0.25) is 0 Å². The van der Waals surface area contributed by atoms with Crippen molar-refractivity contribution in [3.8, 4) is 11.5 Å². The second-order valence-electron chi connectivity index (χ2n) is 5.73. The molecule has 3 atom stereocenters. The molecule has 21 heavy (non-hydrogen) atoms. The maximum absolute atomic E-state index is 12.6. The first-order chi connectivity index (χ1) is 10.0. The highest BCUT2D eigenvalue weighted by molar-refractivity contribution is 5.46. The van der Waals surface area contributed by atoms with E-state index < -0.39 is 6.61 Å². The zero-order chi connectivity index (χ0) is 15.4. The van der Waals surface area contributed by atoms with Gasteiger partial charge in [-0.2, -0.15) is 8.78 Å². The molecule has 5 heteroatoms. The summed E-state index contributed by atoms with van der Waals surface area (Å²) in [5, 5.41) is 3.46. The van der Waals surface area contributed by atoms with Crippen molar-refractivity contribution in [3.05, 3.63) is 23.8 Å². The number of benzene rings is 1. The summed E-state index contributed by atoms with van der Waals surface area (Å²) in [6.45, 7) is 2.13. The third-order valence-corrected chi connectivity index (χ3v) is 4.51. The third-order valence-electron chi connectivity index (χ3n) is 4.51. The Morgan fingerprint density at radius 2 is 2.05 bits per heavy atom. The number of ether oxygens (including phenoxy) is 2. The highest BCUT2D eigenvalue weighted by atomic mass is 19.3. The van der Waals surface area contributed by atoms with Crippen LogP contribution in [0.15, 0.2) is 18.2 Å². The van der Waals surface area contributed by atoms with E-state index in [1.54, 1.807) is 18.2 Å². The second kappa shape index (κ2) is 7.07. The van der Waals surface area contributed by atoms with E-state index in [-0.39, 0.29) is 5.75 Å². The Bertz CT molecular complexity index is 468. The molecule has 3 nitrogen and oxygen atoms in total. The summed E-state index contributed by atoms with van der Waals surface area (Å²) < 4.78 is 34.9. The van der Waals surface area contributed by atoms with Crippen LogP contribution in [-0.2, 0) is 6.54 Å². The Balaban J connectivity index is 2.08. The Labute approximate surface area is 124 Å². The van der Waals surface area contributed by atoms with Gasteiger partial charge in [-0.1, -0.05) is 26.0 Å². The molecule has 0 saturated heterocycles. The zero-order valence-electron chi connectivity index (χ0n) is 12.7. The van der Waals surface area contributed by atoms with Crippen LogP contribution in [0.25, 0.3) is 0 Å². The van der Waals surface area contributed by atoms with Gasteiger partial charge in [0.15, 0.2) is 11.5 Å². The van der Waals surface area contributed by atoms with Crippen LogP contribution in [0.1, 0.15) is 32.3 Å². The molecule has 1 aromatic carbocycles. The Kier molecular flexibility index (Phi) is 5.39. The maximum atomic E-state index is 12.6. The van der Waals surface area contributed by atoms with Crippen LogP contribution >= 0.6 is 0 Å². The molecule has 0 spiro atoms. The van der Waals surface area contributed by atoms with E-state index in [0.29, 0.717) is 35.7 Å². The van der Waals surface area contributed by atoms with E-state index in [2.05, 4.69) is 23.9 Å². The van der Waals surface area contributed by atoms with E-state index in [4.69, 9.17) is 4.74 Å². The van der Waals surface area contributed by atoms with Gasteiger partial charge in [0.05, 0.1) is 7.11 Å². The molecule has 1 aromatic rings. The largest absolute Gasteiger partial charge is 0.493 e. The predicted molar refractivity (Wildman–Crippen MR) is 77.8 cm³/mol. The maximum Gasteiger partial charge on any atom is 0.387 e. The summed E-state index contributed by atoms with van der Waals surface area (Å²) in [6, 6.07) is 5.62. The summed E-state index contributed by atoms with van der Waals surface area (Å²) in [7, 11) is 1.45. The highest BCUT2D eigenvalue weighted by Gasteiger charge is 2.29. The summed E-state index contributed by atoms with van der Waals surface area (Å²) in [6.07, 6.45) is 2.33. The van der Waals surface area contributed by atoms with Crippen LogP contribution < -0.4 is 14.8 Å². The zero-order valence-corrected chi connectivity index (χ0v) is 12.7. The van der Waals surface area contributed by atoms with Gasteiger partial charge in [0.1, 0.15) is 0 Å². The topological polar surface area (TPSA) is 30.5 Å². The fraction of sp³-hybridized carbons (Fsp3) is 0.625. The number of rotatable bonds is 6. The van der Waals surface area contributed by atoms with Crippen LogP contribution in [0.4, 0.5) is 8.78 Å². The van der Waals surface area contributed by atoms with E-state index in [1.165, 1.54) is 13.5 Å². The highest BCUT2D eigenvalue weighted by Crippen LogP contribution is 2.34.